The molecule has 0 radical (unpaired) electrons. The van der Waals surface area contributed by atoms with Crippen molar-refractivity contribution in [3.63, 3.8) is 0 Å². The van der Waals surface area contributed by atoms with E-state index in [2.05, 4.69) is 0 Å². The maximum Gasteiger partial charge on any atom is 0.271 e. The monoisotopic (exact) mass is 419 g/mol. The number of ether oxygens (including phenoxy) is 1. The number of nitrogens with zero attached hydrogens (tertiary/aromatic N) is 3. The summed E-state index contributed by atoms with van der Waals surface area (Å²) in [5.41, 5.74) is 1.06. The largest absolute Gasteiger partial charge is 0.379 e. The van der Waals surface area contributed by atoms with Crippen molar-refractivity contribution >= 4 is 21.6 Å². The van der Waals surface area contributed by atoms with Crippen LogP contribution in [0.3, 0.4) is 0 Å². The number of hydrogen-bond donors (Lipinski definition) is 0. The van der Waals surface area contributed by atoms with Crippen molar-refractivity contribution < 1.29 is 17.9 Å². The molecule has 1 aromatic carbocycles. The van der Waals surface area contributed by atoms with Crippen LogP contribution in [0, 0.1) is 6.92 Å². The van der Waals surface area contributed by atoms with E-state index in [4.69, 9.17) is 4.74 Å². The molecule has 156 valence electrons. The molecule has 1 aliphatic rings. The highest BCUT2D eigenvalue weighted by Gasteiger charge is 2.29. The van der Waals surface area contributed by atoms with Crippen molar-refractivity contribution in [1.82, 2.24) is 8.87 Å². The van der Waals surface area contributed by atoms with Crippen molar-refractivity contribution in [2.75, 3.05) is 37.7 Å². The molecule has 0 unspecified atom stereocenters. The van der Waals surface area contributed by atoms with E-state index >= 15 is 0 Å². The Morgan fingerprint density at radius 3 is 2.55 bits per heavy atom. The summed E-state index contributed by atoms with van der Waals surface area (Å²) in [7, 11) is -3.94. The zero-order valence-corrected chi connectivity index (χ0v) is 17.4. The number of aryl methyl sites for hydroxylation is 1. The fourth-order valence-corrected chi connectivity index (χ4v) is 4.79. The van der Waals surface area contributed by atoms with E-state index in [-0.39, 0.29) is 30.4 Å². The molecule has 0 spiro atoms. The minimum atomic E-state index is -3.94. The second kappa shape index (κ2) is 8.89. The van der Waals surface area contributed by atoms with Crippen molar-refractivity contribution in [2.45, 2.75) is 25.3 Å². The molecule has 1 fully saturated rings. The van der Waals surface area contributed by atoms with Crippen LogP contribution in [0.1, 0.15) is 12.5 Å². The molecule has 1 aromatic heterocycles. The van der Waals surface area contributed by atoms with E-state index in [0.717, 1.165) is 15.8 Å². The molecule has 1 saturated heterocycles. The number of carbonyl (C=O) groups excluding carboxylic acids is 1. The minimum Gasteiger partial charge on any atom is -0.379 e. The summed E-state index contributed by atoms with van der Waals surface area (Å²) >= 11 is 0. The summed E-state index contributed by atoms with van der Waals surface area (Å²) in [5, 5.41) is 0. The standard InChI is InChI=1S/C20H25N3O5S/c1-3-23(17-7-4-6-16(2)14-17)19(24)15-21-9-5-8-18(20(21)25)29(26,27)22-10-12-28-13-11-22/h4-9,14H,3,10-13,15H2,1-2H3. The number of rotatable bonds is 6. The van der Waals surface area contributed by atoms with Gasteiger partial charge in [0.05, 0.1) is 13.2 Å². The lowest BCUT2D eigenvalue weighted by Crippen LogP contribution is -2.43. The first-order valence-electron chi connectivity index (χ1n) is 9.49. The van der Waals surface area contributed by atoms with E-state index in [0.29, 0.717) is 19.8 Å². The molecule has 29 heavy (non-hydrogen) atoms. The zero-order chi connectivity index (χ0) is 21.0. The Balaban J connectivity index is 1.87. The normalized spacial score (nSPS) is 15.2. The first kappa shape index (κ1) is 21.2. The van der Waals surface area contributed by atoms with Crippen LogP contribution in [0.25, 0.3) is 0 Å². The molecule has 1 aliphatic heterocycles. The molecular formula is C20H25N3O5S. The molecule has 0 atom stereocenters. The van der Waals surface area contributed by atoms with Crippen LogP contribution in [0.5, 0.6) is 0 Å². The molecule has 0 N–H and O–H groups in total. The lowest BCUT2D eigenvalue weighted by molar-refractivity contribution is -0.119. The number of sulfonamides is 1. The van der Waals surface area contributed by atoms with Crippen LogP contribution in [0.4, 0.5) is 5.69 Å². The second-order valence-corrected chi connectivity index (χ2v) is 8.71. The number of carbonyl (C=O) groups is 1. The summed E-state index contributed by atoms with van der Waals surface area (Å²) in [6.07, 6.45) is 1.43. The Morgan fingerprint density at radius 2 is 1.90 bits per heavy atom. The number of amides is 1. The summed E-state index contributed by atoms with van der Waals surface area (Å²) < 4.78 is 33.3. The SMILES string of the molecule is CCN(C(=O)Cn1cccc(S(=O)(=O)N2CCOCC2)c1=O)c1cccc(C)c1. The topological polar surface area (TPSA) is 88.9 Å². The van der Waals surface area contributed by atoms with Gasteiger partial charge in [0.2, 0.25) is 15.9 Å². The van der Waals surface area contributed by atoms with Crippen LogP contribution < -0.4 is 10.5 Å². The van der Waals surface area contributed by atoms with Gasteiger partial charge in [0.15, 0.2) is 0 Å². The predicted molar refractivity (Wildman–Crippen MR) is 109 cm³/mol. The van der Waals surface area contributed by atoms with Gasteiger partial charge in [0, 0.05) is 31.5 Å². The van der Waals surface area contributed by atoms with Crippen LogP contribution in [0.15, 0.2) is 52.3 Å². The number of hydrogen-bond acceptors (Lipinski definition) is 5. The maximum atomic E-state index is 12.9. The number of aromatic nitrogens is 1. The third kappa shape index (κ3) is 4.58. The fraction of sp³-hybridized carbons (Fsp3) is 0.400. The Labute approximate surface area is 170 Å². The minimum absolute atomic E-state index is 0.201. The molecule has 8 nitrogen and oxygen atoms in total. The van der Waals surface area contributed by atoms with Gasteiger partial charge in [0.1, 0.15) is 11.4 Å². The molecule has 2 aromatic rings. The van der Waals surface area contributed by atoms with Crippen LogP contribution in [-0.2, 0) is 26.1 Å². The van der Waals surface area contributed by atoms with Gasteiger partial charge in [-0.2, -0.15) is 4.31 Å². The fourth-order valence-electron chi connectivity index (χ4n) is 3.29. The Hall–Kier alpha value is -2.49. The molecule has 1 amide bonds. The van der Waals surface area contributed by atoms with Gasteiger partial charge in [-0.1, -0.05) is 12.1 Å². The number of benzene rings is 1. The van der Waals surface area contributed by atoms with E-state index in [1.165, 1.54) is 22.6 Å². The van der Waals surface area contributed by atoms with Crippen molar-refractivity contribution in [2.24, 2.45) is 0 Å². The molecule has 0 saturated carbocycles. The van der Waals surface area contributed by atoms with Gasteiger partial charge in [-0.15, -0.1) is 0 Å². The van der Waals surface area contributed by atoms with E-state index in [1.807, 2.05) is 38.1 Å². The van der Waals surface area contributed by atoms with Gasteiger partial charge in [-0.25, -0.2) is 8.42 Å². The van der Waals surface area contributed by atoms with Gasteiger partial charge in [-0.05, 0) is 43.7 Å². The Bertz CT molecular complexity index is 1040. The molecular weight excluding hydrogens is 394 g/mol. The lowest BCUT2D eigenvalue weighted by atomic mass is 10.2. The molecule has 9 heteroatoms. The summed E-state index contributed by atoms with van der Waals surface area (Å²) in [6, 6.07) is 10.3. The van der Waals surface area contributed by atoms with E-state index in [9.17, 15) is 18.0 Å². The highest BCUT2D eigenvalue weighted by atomic mass is 32.2. The maximum absolute atomic E-state index is 12.9. The highest BCUT2D eigenvalue weighted by Crippen LogP contribution is 2.17. The third-order valence-corrected chi connectivity index (χ3v) is 6.72. The van der Waals surface area contributed by atoms with Crippen molar-refractivity contribution in [1.29, 1.82) is 0 Å². The smallest absolute Gasteiger partial charge is 0.271 e. The van der Waals surface area contributed by atoms with Crippen LogP contribution >= 0.6 is 0 Å². The predicted octanol–water partition coefficient (Wildman–Crippen LogP) is 1.23. The molecule has 2 heterocycles. The quantitative estimate of drug-likeness (QED) is 0.703. The third-order valence-electron chi connectivity index (χ3n) is 4.81. The zero-order valence-electron chi connectivity index (χ0n) is 16.6. The first-order valence-corrected chi connectivity index (χ1v) is 10.9. The van der Waals surface area contributed by atoms with Gasteiger partial charge in [0.25, 0.3) is 5.56 Å². The number of pyridine rings is 1. The van der Waals surface area contributed by atoms with Gasteiger partial charge >= 0.3 is 0 Å². The molecule has 3 rings (SSSR count). The second-order valence-electron chi connectivity index (χ2n) is 6.80. The summed E-state index contributed by atoms with van der Waals surface area (Å²) in [4.78, 5) is 27.0. The van der Waals surface area contributed by atoms with Gasteiger partial charge < -0.3 is 14.2 Å². The van der Waals surface area contributed by atoms with E-state index < -0.39 is 15.6 Å². The summed E-state index contributed by atoms with van der Waals surface area (Å²) in [5.74, 6) is -0.291. The number of anilines is 1. The highest BCUT2D eigenvalue weighted by molar-refractivity contribution is 7.89. The molecule has 0 aliphatic carbocycles. The Morgan fingerprint density at radius 1 is 1.17 bits per heavy atom. The average Bonchev–Trinajstić information content (AvgIpc) is 2.71. The van der Waals surface area contributed by atoms with E-state index in [1.54, 1.807) is 4.90 Å². The first-order chi connectivity index (χ1) is 13.8. The van der Waals surface area contributed by atoms with Gasteiger partial charge in [-0.3, -0.25) is 9.59 Å². The van der Waals surface area contributed by atoms with Crippen LogP contribution in [0.2, 0.25) is 0 Å². The number of morpholine rings is 1. The van der Waals surface area contributed by atoms with Crippen molar-refractivity contribution in [3.05, 3.63) is 58.5 Å². The summed E-state index contributed by atoms with van der Waals surface area (Å²) in [6.45, 7) is 4.96. The Kier molecular flexibility index (Phi) is 6.51. The van der Waals surface area contributed by atoms with Crippen molar-refractivity contribution in [3.8, 4) is 0 Å². The van der Waals surface area contributed by atoms with Crippen LogP contribution in [-0.4, -0.2) is 56.0 Å². The average molecular weight is 420 g/mol. The lowest BCUT2D eigenvalue weighted by Gasteiger charge is -2.26. The number of likely N-dealkylation sites (N-methyl/N-ethyl adjacent to an activating group) is 1. The molecule has 0 bridgehead atoms.